The summed E-state index contributed by atoms with van der Waals surface area (Å²) in [7, 11) is 2.03. The molecule has 4 heteroatoms. The molecule has 4 atom stereocenters. The van der Waals surface area contributed by atoms with Crippen LogP contribution in [0.4, 0.5) is 0 Å². The van der Waals surface area contributed by atoms with E-state index in [1.807, 2.05) is 25.2 Å². The maximum absolute atomic E-state index is 13.1. The van der Waals surface area contributed by atoms with Gasteiger partial charge < -0.3 is 10.6 Å². The molecular weight excluding hydrogens is 274 g/mol. The highest BCUT2D eigenvalue weighted by molar-refractivity contribution is 5.83. The van der Waals surface area contributed by atoms with Crippen molar-refractivity contribution in [3.05, 3.63) is 35.9 Å². The second-order valence-corrected chi connectivity index (χ2v) is 6.79. The zero-order chi connectivity index (χ0) is 15.7. The van der Waals surface area contributed by atoms with Crippen molar-refractivity contribution in [3.8, 4) is 0 Å². The van der Waals surface area contributed by atoms with Gasteiger partial charge in [-0.1, -0.05) is 37.3 Å². The molecular formula is C18H27N3O. The van der Waals surface area contributed by atoms with Crippen LogP contribution in [0, 0.1) is 11.8 Å². The van der Waals surface area contributed by atoms with Gasteiger partial charge in [-0.2, -0.15) is 0 Å². The Kier molecular flexibility index (Phi) is 4.50. The van der Waals surface area contributed by atoms with Crippen LogP contribution in [0.3, 0.4) is 0 Å². The minimum Gasteiger partial charge on any atom is -0.340 e. The third-order valence-corrected chi connectivity index (χ3v) is 5.51. The Bertz CT molecular complexity index is 518. The lowest BCUT2D eigenvalue weighted by atomic mass is 9.98. The summed E-state index contributed by atoms with van der Waals surface area (Å²) in [4.78, 5) is 17.3. The fourth-order valence-electron chi connectivity index (χ4n) is 4.06. The maximum atomic E-state index is 13.1. The normalized spacial score (nSPS) is 28.9. The highest BCUT2D eigenvalue weighted by Crippen LogP contribution is 2.38. The molecule has 4 nitrogen and oxygen atoms in total. The predicted octanol–water partition coefficient (Wildman–Crippen LogP) is 1.88. The first-order chi connectivity index (χ1) is 10.6. The number of likely N-dealkylation sites (tertiary alicyclic amines) is 1. The zero-order valence-electron chi connectivity index (χ0n) is 13.6. The molecule has 1 heterocycles. The van der Waals surface area contributed by atoms with E-state index in [0.29, 0.717) is 11.8 Å². The number of rotatable bonds is 4. The first-order valence-electron chi connectivity index (χ1n) is 8.41. The van der Waals surface area contributed by atoms with Crippen molar-refractivity contribution in [2.45, 2.75) is 31.8 Å². The van der Waals surface area contributed by atoms with E-state index in [1.165, 1.54) is 6.42 Å². The summed E-state index contributed by atoms with van der Waals surface area (Å²) in [5, 5.41) is 0. The largest absolute Gasteiger partial charge is 0.340 e. The van der Waals surface area contributed by atoms with Gasteiger partial charge in [0.2, 0.25) is 5.91 Å². The molecule has 3 rings (SSSR count). The number of hydrogen-bond acceptors (Lipinski definition) is 3. The lowest BCUT2D eigenvalue weighted by Gasteiger charge is -2.31. The fraction of sp³-hybridized carbons (Fsp3) is 0.611. The highest BCUT2D eigenvalue weighted by atomic mass is 16.2. The van der Waals surface area contributed by atoms with Gasteiger partial charge in [0.25, 0.3) is 0 Å². The van der Waals surface area contributed by atoms with E-state index < -0.39 is 0 Å². The van der Waals surface area contributed by atoms with Gasteiger partial charge in [-0.05, 0) is 43.8 Å². The molecule has 22 heavy (non-hydrogen) atoms. The van der Waals surface area contributed by atoms with Crippen LogP contribution in [0.1, 0.15) is 31.4 Å². The molecule has 1 aliphatic carbocycles. The van der Waals surface area contributed by atoms with Crippen molar-refractivity contribution in [1.29, 1.82) is 0 Å². The second-order valence-electron chi connectivity index (χ2n) is 6.79. The Hall–Kier alpha value is -1.39. The van der Waals surface area contributed by atoms with Gasteiger partial charge in [0.15, 0.2) is 0 Å². The van der Waals surface area contributed by atoms with E-state index in [9.17, 15) is 4.79 Å². The van der Waals surface area contributed by atoms with E-state index in [4.69, 9.17) is 5.73 Å². The molecule has 0 spiro atoms. The summed E-state index contributed by atoms with van der Waals surface area (Å²) in [6.45, 7) is 4.67. The average molecular weight is 301 g/mol. The molecule has 1 saturated heterocycles. The Balaban J connectivity index is 1.79. The van der Waals surface area contributed by atoms with Crippen molar-refractivity contribution >= 4 is 5.91 Å². The van der Waals surface area contributed by atoms with Crippen molar-refractivity contribution in [3.63, 3.8) is 0 Å². The summed E-state index contributed by atoms with van der Waals surface area (Å²) < 4.78 is 0. The smallest absolute Gasteiger partial charge is 0.244 e. The van der Waals surface area contributed by atoms with Crippen molar-refractivity contribution in [2.24, 2.45) is 17.6 Å². The molecule has 2 aliphatic rings. The van der Waals surface area contributed by atoms with Crippen LogP contribution >= 0.6 is 0 Å². The van der Waals surface area contributed by atoms with Crippen LogP contribution in [0.15, 0.2) is 30.3 Å². The Morgan fingerprint density at radius 2 is 2.05 bits per heavy atom. The molecule has 0 aromatic heterocycles. The third-order valence-electron chi connectivity index (χ3n) is 5.51. The number of nitrogens with zero attached hydrogens (tertiary/aromatic N) is 2. The second kappa shape index (κ2) is 6.39. The topological polar surface area (TPSA) is 49.6 Å². The average Bonchev–Trinajstić information content (AvgIpc) is 3.11. The number of carbonyl (C=O) groups excluding carboxylic acids is 1. The molecule has 120 valence electrons. The van der Waals surface area contributed by atoms with Crippen LogP contribution in [0.25, 0.3) is 0 Å². The van der Waals surface area contributed by atoms with Crippen molar-refractivity contribution < 1.29 is 4.79 Å². The summed E-state index contributed by atoms with van der Waals surface area (Å²) in [6, 6.07) is 10.2. The number of hydrogen-bond donors (Lipinski definition) is 1. The summed E-state index contributed by atoms with van der Waals surface area (Å²) in [5.74, 6) is 1.35. The molecule has 2 fully saturated rings. The molecule has 2 N–H and O–H groups in total. The van der Waals surface area contributed by atoms with Gasteiger partial charge >= 0.3 is 0 Å². The Morgan fingerprint density at radius 1 is 1.32 bits per heavy atom. The van der Waals surface area contributed by atoms with E-state index in [2.05, 4.69) is 28.9 Å². The first kappa shape index (κ1) is 15.5. The summed E-state index contributed by atoms with van der Waals surface area (Å²) in [6.07, 6.45) is 2.30. The molecule has 1 aromatic carbocycles. The standard InChI is InChI=1S/C18H27N3O/c1-3-20(2)17(13-7-5-4-6-8-13)18(22)21-11-14-9-10-16(19)15(14)12-21/h4-8,14-17H,3,9-12,19H2,1-2H3. The van der Waals surface area contributed by atoms with Crippen LogP contribution in [-0.4, -0.2) is 48.4 Å². The van der Waals surface area contributed by atoms with Crippen molar-refractivity contribution in [1.82, 2.24) is 9.80 Å². The number of benzene rings is 1. The number of likely N-dealkylation sites (N-methyl/N-ethyl adjacent to an activating group) is 1. The quantitative estimate of drug-likeness (QED) is 0.924. The van der Waals surface area contributed by atoms with E-state index in [-0.39, 0.29) is 18.0 Å². The number of fused-ring (bicyclic) bond motifs is 1. The maximum Gasteiger partial charge on any atom is 0.244 e. The predicted molar refractivity (Wildman–Crippen MR) is 88.3 cm³/mol. The van der Waals surface area contributed by atoms with E-state index >= 15 is 0 Å². The summed E-state index contributed by atoms with van der Waals surface area (Å²) >= 11 is 0. The van der Waals surface area contributed by atoms with Crippen LogP contribution < -0.4 is 5.73 Å². The lowest BCUT2D eigenvalue weighted by molar-refractivity contribution is -0.136. The minimum absolute atomic E-state index is 0.179. The molecule has 4 unspecified atom stereocenters. The van der Waals surface area contributed by atoms with Gasteiger partial charge in [0, 0.05) is 19.1 Å². The van der Waals surface area contributed by atoms with Crippen LogP contribution in [-0.2, 0) is 4.79 Å². The van der Waals surface area contributed by atoms with Crippen LogP contribution in [0.2, 0.25) is 0 Å². The van der Waals surface area contributed by atoms with Gasteiger partial charge in [0.05, 0.1) is 0 Å². The van der Waals surface area contributed by atoms with Gasteiger partial charge in [0.1, 0.15) is 6.04 Å². The van der Waals surface area contributed by atoms with Crippen molar-refractivity contribution in [2.75, 3.05) is 26.7 Å². The molecule has 1 aliphatic heterocycles. The zero-order valence-corrected chi connectivity index (χ0v) is 13.6. The monoisotopic (exact) mass is 301 g/mol. The molecule has 0 radical (unpaired) electrons. The highest BCUT2D eigenvalue weighted by Gasteiger charge is 2.44. The minimum atomic E-state index is -0.179. The fourth-order valence-corrected chi connectivity index (χ4v) is 4.06. The van der Waals surface area contributed by atoms with Gasteiger partial charge in [-0.25, -0.2) is 0 Å². The molecule has 1 saturated carbocycles. The van der Waals surface area contributed by atoms with Crippen LogP contribution in [0.5, 0.6) is 0 Å². The SMILES string of the molecule is CCN(C)C(C(=O)N1CC2CCC(N)C2C1)c1ccccc1. The van der Waals surface area contributed by atoms with Gasteiger partial charge in [-0.3, -0.25) is 9.69 Å². The molecule has 1 amide bonds. The number of carbonyl (C=O) groups is 1. The Labute approximate surface area is 133 Å². The Morgan fingerprint density at radius 3 is 2.68 bits per heavy atom. The van der Waals surface area contributed by atoms with Gasteiger partial charge in [-0.15, -0.1) is 0 Å². The van der Waals surface area contributed by atoms with E-state index in [0.717, 1.165) is 31.6 Å². The number of amides is 1. The number of nitrogens with two attached hydrogens (primary N) is 1. The molecule has 0 bridgehead atoms. The first-order valence-corrected chi connectivity index (χ1v) is 8.41. The lowest BCUT2D eigenvalue weighted by Crippen LogP contribution is -2.41. The van der Waals surface area contributed by atoms with E-state index in [1.54, 1.807) is 0 Å². The summed E-state index contributed by atoms with van der Waals surface area (Å²) in [5.41, 5.74) is 7.29. The third kappa shape index (κ3) is 2.77. The molecule has 1 aromatic rings.